The van der Waals surface area contributed by atoms with Gasteiger partial charge in [0.05, 0.1) is 13.7 Å². The van der Waals surface area contributed by atoms with Gasteiger partial charge in [-0.3, -0.25) is 4.90 Å². The number of urea groups is 1. The molecule has 0 radical (unpaired) electrons. The van der Waals surface area contributed by atoms with E-state index in [9.17, 15) is 9.90 Å². The summed E-state index contributed by atoms with van der Waals surface area (Å²) in [7, 11) is 1.65. The smallest absolute Gasteiger partial charge is 0.321 e. The Bertz CT molecular complexity index is 1250. The third kappa shape index (κ3) is 5.64. The molecule has 5 rings (SSSR count). The maximum atomic E-state index is 13.1. The van der Waals surface area contributed by atoms with Crippen molar-refractivity contribution in [3.8, 4) is 17.6 Å². The Morgan fingerprint density at radius 2 is 1.59 bits per heavy atom. The highest BCUT2D eigenvalue weighted by molar-refractivity contribution is 5.89. The molecule has 6 nitrogen and oxygen atoms in total. The predicted molar refractivity (Wildman–Crippen MR) is 146 cm³/mol. The van der Waals surface area contributed by atoms with Crippen molar-refractivity contribution in [2.24, 2.45) is 0 Å². The van der Waals surface area contributed by atoms with E-state index in [2.05, 4.69) is 34.2 Å². The van der Waals surface area contributed by atoms with Crippen molar-refractivity contribution in [1.82, 2.24) is 9.80 Å². The van der Waals surface area contributed by atoms with Crippen LogP contribution in [-0.4, -0.2) is 66.4 Å². The molecule has 2 aliphatic rings. The molecule has 0 unspecified atom stereocenters. The van der Waals surface area contributed by atoms with Crippen LogP contribution in [0.15, 0.2) is 78.9 Å². The summed E-state index contributed by atoms with van der Waals surface area (Å²) >= 11 is 0. The van der Waals surface area contributed by atoms with Gasteiger partial charge in [-0.2, -0.15) is 0 Å². The molecule has 0 bridgehead atoms. The topological polar surface area (TPSA) is 65.0 Å². The molecule has 37 heavy (non-hydrogen) atoms. The lowest BCUT2D eigenvalue weighted by atomic mass is 9.74. The van der Waals surface area contributed by atoms with Gasteiger partial charge in [-0.05, 0) is 73.5 Å². The molecular weight excluding hydrogens is 462 g/mol. The normalized spacial score (nSPS) is 21.4. The zero-order chi connectivity index (χ0) is 25.6. The van der Waals surface area contributed by atoms with Crippen LogP contribution in [0.5, 0.6) is 5.75 Å². The number of ether oxygens (including phenoxy) is 1. The molecule has 2 heterocycles. The summed E-state index contributed by atoms with van der Waals surface area (Å²) < 4.78 is 5.21. The minimum atomic E-state index is -0.0663. The number of fused-ring (bicyclic) bond motifs is 1. The first-order valence-corrected chi connectivity index (χ1v) is 12.9. The number of aliphatic hydroxyl groups excluding tert-OH is 1. The minimum Gasteiger partial charge on any atom is -0.497 e. The fraction of sp³-hybridized carbons (Fsp3) is 0.323. The number of carbonyl (C=O) groups excluding carboxylic acids is 1. The standard InChI is InChI=1S/C31H33N3O3/c1-37-27-17-13-24(14-18-27)10-9-23-11-15-25(16-12-23)30-28-21-33(19-5-6-20-34(28)29(30)22-35)31(36)32-26-7-3-2-4-8-26/h2-4,7-8,11-18,28-30,35H,5-6,19-22H2,1H3,(H,32,36)/t28-,29-,30-/m1/s1. The summed E-state index contributed by atoms with van der Waals surface area (Å²) in [6.07, 6.45) is 1.96. The Labute approximate surface area is 218 Å². The second kappa shape index (κ2) is 11.5. The number of anilines is 1. The van der Waals surface area contributed by atoms with Gasteiger partial charge in [-0.25, -0.2) is 4.79 Å². The Morgan fingerprint density at radius 3 is 2.24 bits per heavy atom. The SMILES string of the molecule is COc1ccc(C#Cc2ccc([C@H]3[C@@H](CO)N4CCCCN(C(=O)Nc5ccccc5)C[C@H]34)cc2)cc1. The Hall–Kier alpha value is -3.79. The van der Waals surface area contributed by atoms with Crippen molar-refractivity contribution in [3.63, 3.8) is 0 Å². The highest BCUT2D eigenvalue weighted by Gasteiger charge is 2.49. The lowest BCUT2D eigenvalue weighted by molar-refractivity contribution is -0.0585. The van der Waals surface area contributed by atoms with E-state index in [1.807, 2.05) is 71.6 Å². The van der Waals surface area contributed by atoms with E-state index in [-0.39, 0.29) is 30.6 Å². The maximum Gasteiger partial charge on any atom is 0.321 e. The van der Waals surface area contributed by atoms with Crippen molar-refractivity contribution >= 4 is 11.7 Å². The molecule has 0 aliphatic carbocycles. The number of aliphatic hydroxyl groups is 1. The van der Waals surface area contributed by atoms with Crippen molar-refractivity contribution in [3.05, 3.63) is 95.6 Å². The van der Waals surface area contributed by atoms with Crippen LogP contribution in [0.1, 0.15) is 35.4 Å². The molecule has 0 aromatic heterocycles. The van der Waals surface area contributed by atoms with Crippen molar-refractivity contribution in [1.29, 1.82) is 0 Å². The van der Waals surface area contributed by atoms with E-state index in [1.54, 1.807) is 7.11 Å². The first kappa shape index (κ1) is 24.9. The van der Waals surface area contributed by atoms with Crippen LogP contribution in [0.25, 0.3) is 0 Å². The van der Waals surface area contributed by atoms with Gasteiger partial charge >= 0.3 is 6.03 Å². The molecule has 2 amide bonds. The summed E-state index contributed by atoms with van der Waals surface area (Å²) in [4.78, 5) is 17.4. The molecule has 6 heteroatoms. The van der Waals surface area contributed by atoms with Crippen molar-refractivity contribution in [2.45, 2.75) is 30.8 Å². The fourth-order valence-electron chi connectivity index (χ4n) is 5.46. The zero-order valence-corrected chi connectivity index (χ0v) is 21.1. The summed E-state index contributed by atoms with van der Waals surface area (Å²) in [5.74, 6) is 7.42. The zero-order valence-electron chi connectivity index (χ0n) is 21.1. The Kier molecular flexibility index (Phi) is 7.74. The number of methoxy groups -OCH3 is 1. The summed E-state index contributed by atoms with van der Waals surface area (Å²) in [6.45, 7) is 2.43. The quantitative estimate of drug-likeness (QED) is 0.521. The molecule has 2 N–H and O–H groups in total. The number of hydrogen-bond donors (Lipinski definition) is 2. The number of hydrogen-bond acceptors (Lipinski definition) is 4. The number of carbonyl (C=O) groups is 1. The van der Waals surface area contributed by atoms with E-state index < -0.39 is 0 Å². The molecule has 2 saturated heterocycles. The molecule has 3 aromatic rings. The predicted octanol–water partition coefficient (Wildman–Crippen LogP) is 4.55. The van der Waals surface area contributed by atoms with Crippen LogP contribution in [-0.2, 0) is 0 Å². The van der Waals surface area contributed by atoms with E-state index in [0.29, 0.717) is 6.54 Å². The van der Waals surface area contributed by atoms with E-state index in [4.69, 9.17) is 4.74 Å². The third-order valence-electron chi connectivity index (χ3n) is 7.42. The van der Waals surface area contributed by atoms with Crippen LogP contribution >= 0.6 is 0 Å². The third-order valence-corrected chi connectivity index (χ3v) is 7.42. The number of para-hydroxylation sites is 1. The summed E-state index contributed by atoms with van der Waals surface area (Å²) in [5, 5.41) is 13.3. The largest absolute Gasteiger partial charge is 0.497 e. The first-order chi connectivity index (χ1) is 18.2. The first-order valence-electron chi connectivity index (χ1n) is 12.9. The van der Waals surface area contributed by atoms with Gasteiger partial charge in [0, 0.05) is 47.9 Å². The molecule has 3 atom stereocenters. The van der Waals surface area contributed by atoms with E-state index >= 15 is 0 Å². The molecular formula is C31H33N3O3. The molecule has 190 valence electrons. The number of benzene rings is 3. The monoisotopic (exact) mass is 495 g/mol. The maximum absolute atomic E-state index is 13.1. The van der Waals surface area contributed by atoms with Crippen LogP contribution in [0.2, 0.25) is 0 Å². The Morgan fingerprint density at radius 1 is 0.946 bits per heavy atom. The molecule has 0 spiro atoms. The average Bonchev–Trinajstić information content (AvgIpc) is 2.92. The van der Waals surface area contributed by atoms with Crippen molar-refractivity contribution < 1.29 is 14.6 Å². The van der Waals surface area contributed by atoms with Gasteiger partial charge in [0.15, 0.2) is 0 Å². The van der Waals surface area contributed by atoms with Gasteiger partial charge in [-0.1, -0.05) is 42.2 Å². The highest BCUT2D eigenvalue weighted by atomic mass is 16.5. The molecule has 3 aromatic carbocycles. The van der Waals surface area contributed by atoms with E-state index in [1.165, 1.54) is 5.56 Å². The molecule has 2 aliphatic heterocycles. The van der Waals surface area contributed by atoms with Crippen LogP contribution in [0.3, 0.4) is 0 Å². The van der Waals surface area contributed by atoms with Gasteiger partial charge in [0.2, 0.25) is 0 Å². The number of rotatable bonds is 4. The van der Waals surface area contributed by atoms with Crippen LogP contribution in [0.4, 0.5) is 10.5 Å². The van der Waals surface area contributed by atoms with Crippen molar-refractivity contribution in [2.75, 3.05) is 38.7 Å². The fourth-order valence-corrected chi connectivity index (χ4v) is 5.46. The summed E-state index contributed by atoms with van der Waals surface area (Å²) in [6, 6.07) is 25.8. The lowest BCUT2D eigenvalue weighted by Gasteiger charge is -2.57. The van der Waals surface area contributed by atoms with Gasteiger partial charge in [-0.15, -0.1) is 0 Å². The van der Waals surface area contributed by atoms with E-state index in [0.717, 1.165) is 48.5 Å². The van der Waals surface area contributed by atoms with Gasteiger partial charge in [0.25, 0.3) is 0 Å². The van der Waals surface area contributed by atoms with Gasteiger partial charge < -0.3 is 20.1 Å². The second-order valence-corrected chi connectivity index (χ2v) is 9.63. The second-order valence-electron chi connectivity index (χ2n) is 9.63. The van der Waals surface area contributed by atoms with Crippen LogP contribution in [0, 0.1) is 11.8 Å². The number of nitrogens with zero attached hydrogens (tertiary/aromatic N) is 2. The van der Waals surface area contributed by atoms with Crippen LogP contribution < -0.4 is 10.1 Å². The Balaban J connectivity index is 1.30. The van der Waals surface area contributed by atoms with Gasteiger partial charge in [0.1, 0.15) is 5.75 Å². The summed E-state index contributed by atoms with van der Waals surface area (Å²) in [5.41, 5.74) is 3.86. The molecule has 2 fully saturated rings. The average molecular weight is 496 g/mol. The minimum absolute atomic E-state index is 0.0663. The lowest BCUT2D eigenvalue weighted by Crippen LogP contribution is -2.68. The number of amides is 2. The molecule has 0 saturated carbocycles. The highest BCUT2D eigenvalue weighted by Crippen LogP contribution is 2.42. The number of nitrogens with one attached hydrogen (secondary N) is 1.